The first kappa shape index (κ1) is 8.21. The third-order valence-corrected chi connectivity index (χ3v) is 1.33. The second kappa shape index (κ2) is 3.49. The van der Waals surface area contributed by atoms with E-state index in [0.29, 0.717) is 5.56 Å². The minimum absolute atomic E-state index is 0.400. The van der Waals surface area contributed by atoms with Gasteiger partial charge in [0.15, 0.2) is 6.19 Å². The van der Waals surface area contributed by atoms with Crippen LogP contribution in [0.3, 0.4) is 0 Å². The van der Waals surface area contributed by atoms with E-state index >= 15 is 0 Å². The Balaban J connectivity index is 2.90. The standard InChI is InChI=1S/C8H7N3O/c1-6-4-7(2-3-10-6)8(12)11-5-9/h2-4H,1H3,(H,11,12). The second-order valence-electron chi connectivity index (χ2n) is 2.25. The van der Waals surface area contributed by atoms with Crippen LogP contribution in [0.5, 0.6) is 0 Å². The number of carbonyl (C=O) groups is 1. The molecule has 0 fully saturated rings. The molecule has 0 radical (unpaired) electrons. The monoisotopic (exact) mass is 161 g/mol. The van der Waals surface area contributed by atoms with Gasteiger partial charge in [0.1, 0.15) is 0 Å². The fourth-order valence-corrected chi connectivity index (χ4v) is 0.810. The van der Waals surface area contributed by atoms with Crippen molar-refractivity contribution in [3.63, 3.8) is 0 Å². The van der Waals surface area contributed by atoms with E-state index in [4.69, 9.17) is 5.26 Å². The molecule has 12 heavy (non-hydrogen) atoms. The van der Waals surface area contributed by atoms with Crippen LogP contribution in [0.25, 0.3) is 0 Å². The summed E-state index contributed by atoms with van der Waals surface area (Å²) < 4.78 is 0. The van der Waals surface area contributed by atoms with Crippen LogP contribution >= 0.6 is 0 Å². The molecule has 0 saturated carbocycles. The first-order valence-electron chi connectivity index (χ1n) is 3.36. The Hall–Kier alpha value is -1.89. The lowest BCUT2D eigenvalue weighted by Crippen LogP contribution is -2.17. The minimum atomic E-state index is -0.400. The minimum Gasteiger partial charge on any atom is -0.268 e. The molecule has 0 aliphatic rings. The van der Waals surface area contributed by atoms with Gasteiger partial charge >= 0.3 is 0 Å². The molecule has 60 valence electrons. The number of carbonyl (C=O) groups excluding carboxylic acids is 1. The van der Waals surface area contributed by atoms with Gasteiger partial charge in [-0.25, -0.2) is 0 Å². The van der Waals surface area contributed by atoms with E-state index < -0.39 is 5.91 Å². The van der Waals surface area contributed by atoms with Gasteiger partial charge in [-0.05, 0) is 19.1 Å². The van der Waals surface area contributed by atoms with Gasteiger partial charge in [-0.3, -0.25) is 15.1 Å². The van der Waals surface area contributed by atoms with Crippen molar-refractivity contribution in [1.82, 2.24) is 10.3 Å². The van der Waals surface area contributed by atoms with Crippen LogP contribution in [0, 0.1) is 18.4 Å². The van der Waals surface area contributed by atoms with Crippen LogP contribution in [0.4, 0.5) is 0 Å². The lowest BCUT2D eigenvalue weighted by atomic mass is 10.2. The Kier molecular flexibility index (Phi) is 2.38. The summed E-state index contributed by atoms with van der Waals surface area (Å²) in [5.41, 5.74) is 1.20. The Morgan fingerprint density at radius 2 is 2.50 bits per heavy atom. The zero-order valence-corrected chi connectivity index (χ0v) is 6.53. The van der Waals surface area contributed by atoms with Crippen molar-refractivity contribution in [2.75, 3.05) is 0 Å². The van der Waals surface area contributed by atoms with Crippen molar-refractivity contribution in [3.05, 3.63) is 29.6 Å². The molecule has 0 atom stereocenters. The molecule has 0 unspecified atom stereocenters. The van der Waals surface area contributed by atoms with Gasteiger partial charge < -0.3 is 0 Å². The number of nitrogens with zero attached hydrogens (tertiary/aromatic N) is 2. The molecule has 0 bridgehead atoms. The fourth-order valence-electron chi connectivity index (χ4n) is 0.810. The maximum atomic E-state index is 11.0. The molecule has 0 aliphatic heterocycles. The summed E-state index contributed by atoms with van der Waals surface area (Å²) in [6, 6.07) is 3.17. The van der Waals surface area contributed by atoms with Crippen LogP contribution < -0.4 is 5.32 Å². The molecule has 1 aromatic heterocycles. The number of aromatic nitrogens is 1. The SMILES string of the molecule is Cc1cc(C(=O)NC#N)ccn1. The second-order valence-corrected chi connectivity index (χ2v) is 2.25. The highest BCUT2D eigenvalue weighted by Gasteiger charge is 2.03. The number of hydrogen-bond donors (Lipinski definition) is 1. The Morgan fingerprint density at radius 3 is 3.08 bits per heavy atom. The molecule has 4 nitrogen and oxygen atoms in total. The van der Waals surface area contributed by atoms with E-state index in [1.807, 2.05) is 5.32 Å². The molecule has 1 heterocycles. The molecule has 1 amide bonds. The molecule has 1 aromatic rings. The van der Waals surface area contributed by atoms with Gasteiger partial charge in [0.05, 0.1) is 0 Å². The van der Waals surface area contributed by atoms with Crippen LogP contribution in [0.15, 0.2) is 18.3 Å². The molecule has 1 rings (SSSR count). The van der Waals surface area contributed by atoms with Crippen molar-refractivity contribution in [3.8, 4) is 6.19 Å². The molecule has 0 saturated heterocycles. The summed E-state index contributed by atoms with van der Waals surface area (Å²) in [4.78, 5) is 15.0. The number of nitrogens with one attached hydrogen (secondary N) is 1. The number of hydrogen-bond acceptors (Lipinski definition) is 3. The Labute approximate surface area is 69.8 Å². The summed E-state index contributed by atoms with van der Waals surface area (Å²) in [6.07, 6.45) is 3.09. The highest BCUT2D eigenvalue weighted by molar-refractivity contribution is 5.95. The third kappa shape index (κ3) is 1.80. The highest BCUT2D eigenvalue weighted by atomic mass is 16.1. The summed E-state index contributed by atoms with van der Waals surface area (Å²) in [5, 5.41) is 10.2. The first-order chi connectivity index (χ1) is 5.74. The third-order valence-electron chi connectivity index (χ3n) is 1.33. The van der Waals surface area contributed by atoms with Crippen molar-refractivity contribution in [1.29, 1.82) is 5.26 Å². The van der Waals surface area contributed by atoms with E-state index in [1.165, 1.54) is 6.20 Å². The van der Waals surface area contributed by atoms with Crippen LogP contribution in [0.1, 0.15) is 16.1 Å². The molecule has 0 aromatic carbocycles. The summed E-state index contributed by atoms with van der Waals surface area (Å²) in [7, 11) is 0. The number of aryl methyl sites for hydroxylation is 1. The first-order valence-corrected chi connectivity index (χ1v) is 3.36. The Bertz CT molecular complexity index is 340. The summed E-state index contributed by atoms with van der Waals surface area (Å²) >= 11 is 0. The van der Waals surface area contributed by atoms with E-state index in [-0.39, 0.29) is 0 Å². The highest BCUT2D eigenvalue weighted by Crippen LogP contribution is 1.99. The van der Waals surface area contributed by atoms with Gasteiger partial charge in [0.2, 0.25) is 0 Å². The average molecular weight is 161 g/mol. The maximum absolute atomic E-state index is 11.0. The Morgan fingerprint density at radius 1 is 1.75 bits per heavy atom. The predicted octanol–water partition coefficient (Wildman–Crippen LogP) is 0.601. The lowest BCUT2D eigenvalue weighted by molar-refractivity contribution is 0.0972. The number of nitriles is 1. The summed E-state index contributed by atoms with van der Waals surface area (Å²) in [6.45, 7) is 1.78. The number of pyridine rings is 1. The predicted molar refractivity (Wildman–Crippen MR) is 42.1 cm³/mol. The van der Waals surface area contributed by atoms with Gasteiger partial charge in [-0.2, -0.15) is 5.26 Å². The van der Waals surface area contributed by atoms with E-state index in [1.54, 1.807) is 25.2 Å². The van der Waals surface area contributed by atoms with Gasteiger partial charge in [0, 0.05) is 17.5 Å². The van der Waals surface area contributed by atoms with Crippen molar-refractivity contribution >= 4 is 5.91 Å². The molecule has 0 spiro atoms. The average Bonchev–Trinajstić information content (AvgIpc) is 2.05. The van der Waals surface area contributed by atoms with Crippen LogP contribution in [-0.4, -0.2) is 10.9 Å². The van der Waals surface area contributed by atoms with E-state index in [0.717, 1.165) is 5.69 Å². The van der Waals surface area contributed by atoms with Crippen LogP contribution in [-0.2, 0) is 0 Å². The van der Waals surface area contributed by atoms with E-state index in [2.05, 4.69) is 4.98 Å². The van der Waals surface area contributed by atoms with Crippen molar-refractivity contribution < 1.29 is 4.79 Å². The molecule has 0 aliphatic carbocycles. The smallest absolute Gasteiger partial charge is 0.264 e. The fraction of sp³-hybridized carbons (Fsp3) is 0.125. The molecule has 1 N–H and O–H groups in total. The topological polar surface area (TPSA) is 65.8 Å². The zero-order valence-electron chi connectivity index (χ0n) is 6.53. The lowest BCUT2D eigenvalue weighted by Gasteiger charge is -1.97. The number of rotatable bonds is 1. The molecular formula is C8H7N3O. The molecule has 4 heteroatoms. The molecular weight excluding hydrogens is 154 g/mol. The zero-order chi connectivity index (χ0) is 8.97. The van der Waals surface area contributed by atoms with Gasteiger partial charge in [-0.1, -0.05) is 0 Å². The van der Waals surface area contributed by atoms with Crippen LogP contribution in [0.2, 0.25) is 0 Å². The quantitative estimate of drug-likeness (QED) is 0.484. The van der Waals surface area contributed by atoms with Gasteiger partial charge in [-0.15, -0.1) is 0 Å². The normalized spacial score (nSPS) is 8.67. The number of amides is 1. The largest absolute Gasteiger partial charge is 0.268 e. The van der Waals surface area contributed by atoms with Crippen molar-refractivity contribution in [2.45, 2.75) is 6.92 Å². The maximum Gasteiger partial charge on any atom is 0.264 e. The summed E-state index contributed by atoms with van der Waals surface area (Å²) in [5.74, 6) is -0.400. The van der Waals surface area contributed by atoms with E-state index in [9.17, 15) is 4.79 Å². The van der Waals surface area contributed by atoms with Crippen molar-refractivity contribution in [2.24, 2.45) is 0 Å². The van der Waals surface area contributed by atoms with Gasteiger partial charge in [0.25, 0.3) is 5.91 Å².